The van der Waals surface area contributed by atoms with Crippen LogP contribution in [0.25, 0.3) is 16.8 Å². The molecule has 1 aromatic heterocycles. The molecule has 0 aliphatic carbocycles. The molecule has 7 nitrogen and oxygen atoms in total. The monoisotopic (exact) mass is 491 g/mol. The number of thiazole rings is 1. The largest absolute Gasteiger partial charge is 0.493 e. The molecular formula is C27H29N3O4S. The molecule has 0 aliphatic heterocycles. The van der Waals surface area contributed by atoms with Crippen LogP contribution in [0.4, 0.5) is 5.69 Å². The first-order chi connectivity index (χ1) is 17.1. The van der Waals surface area contributed by atoms with Crippen LogP contribution in [0.5, 0.6) is 11.5 Å². The number of nitriles is 1. The second-order valence-corrected chi connectivity index (χ2v) is 8.52. The summed E-state index contributed by atoms with van der Waals surface area (Å²) in [7, 11) is 3.16. The van der Waals surface area contributed by atoms with Crippen LogP contribution in [0, 0.1) is 11.3 Å². The van der Waals surface area contributed by atoms with E-state index in [2.05, 4.69) is 23.3 Å². The van der Waals surface area contributed by atoms with Crippen molar-refractivity contribution in [3.05, 3.63) is 64.6 Å². The highest BCUT2D eigenvalue weighted by Gasteiger charge is 2.14. The Kier molecular flexibility index (Phi) is 9.69. The Morgan fingerprint density at radius 1 is 1.11 bits per heavy atom. The van der Waals surface area contributed by atoms with Gasteiger partial charge in [0.2, 0.25) is 0 Å². The molecule has 3 rings (SSSR count). The molecule has 0 bridgehead atoms. The standard InChI is InChI=1S/C27H29N3O4S/c1-4-5-6-9-14-34-27(31)21-10-7-8-11-22(21)29-17-20(16-28)26-30-23(18-35-26)19-12-13-24(32-2)25(15-19)33-3/h7-8,10-13,15,17-18,29H,4-6,9,14H2,1-3H3/b20-17+. The summed E-state index contributed by atoms with van der Waals surface area (Å²) in [5, 5.41) is 15.3. The molecule has 0 aliphatic rings. The van der Waals surface area contributed by atoms with E-state index in [1.54, 1.807) is 38.6 Å². The van der Waals surface area contributed by atoms with Crippen LogP contribution in [0.1, 0.15) is 48.0 Å². The van der Waals surface area contributed by atoms with Gasteiger partial charge < -0.3 is 19.5 Å². The lowest BCUT2D eigenvalue weighted by atomic mass is 10.1. The fourth-order valence-corrected chi connectivity index (χ4v) is 4.17. The van der Waals surface area contributed by atoms with Crippen molar-refractivity contribution in [1.29, 1.82) is 5.26 Å². The molecule has 2 aromatic carbocycles. The van der Waals surface area contributed by atoms with Crippen molar-refractivity contribution >= 4 is 28.6 Å². The van der Waals surface area contributed by atoms with Crippen molar-refractivity contribution in [2.45, 2.75) is 32.6 Å². The summed E-state index contributed by atoms with van der Waals surface area (Å²) in [6.07, 6.45) is 5.70. The van der Waals surface area contributed by atoms with Gasteiger partial charge in [0.1, 0.15) is 16.6 Å². The maximum atomic E-state index is 12.6. The summed E-state index contributed by atoms with van der Waals surface area (Å²) in [5.41, 5.74) is 2.91. The Bertz CT molecular complexity index is 1210. The minimum Gasteiger partial charge on any atom is -0.493 e. The normalized spacial score (nSPS) is 11.0. The van der Waals surface area contributed by atoms with E-state index in [-0.39, 0.29) is 5.97 Å². The fraction of sp³-hybridized carbons (Fsp3) is 0.296. The van der Waals surface area contributed by atoms with Crippen LogP contribution >= 0.6 is 11.3 Å². The van der Waals surface area contributed by atoms with Gasteiger partial charge in [-0.15, -0.1) is 11.3 Å². The Morgan fingerprint density at radius 2 is 1.91 bits per heavy atom. The Hall–Kier alpha value is -3.83. The van der Waals surface area contributed by atoms with Crippen LogP contribution in [-0.4, -0.2) is 31.8 Å². The molecule has 1 N–H and O–H groups in total. The number of rotatable bonds is 12. The number of hydrogen-bond acceptors (Lipinski definition) is 8. The van der Waals surface area contributed by atoms with Crippen LogP contribution < -0.4 is 14.8 Å². The predicted molar refractivity (Wildman–Crippen MR) is 139 cm³/mol. The van der Waals surface area contributed by atoms with Crippen molar-refractivity contribution < 1.29 is 19.0 Å². The number of esters is 1. The highest BCUT2D eigenvalue weighted by molar-refractivity contribution is 7.11. The Labute approximate surface area is 210 Å². The minimum atomic E-state index is -0.388. The van der Waals surface area contributed by atoms with Crippen LogP contribution in [-0.2, 0) is 4.74 Å². The minimum absolute atomic E-state index is 0.351. The van der Waals surface area contributed by atoms with Gasteiger partial charge in [-0.05, 0) is 36.8 Å². The number of nitrogens with one attached hydrogen (secondary N) is 1. The summed E-state index contributed by atoms with van der Waals surface area (Å²) in [6.45, 7) is 2.53. The van der Waals surface area contributed by atoms with Crippen molar-refractivity contribution in [2.24, 2.45) is 0 Å². The maximum absolute atomic E-state index is 12.6. The number of carbonyl (C=O) groups excluding carboxylic acids is 1. The summed E-state index contributed by atoms with van der Waals surface area (Å²) >= 11 is 1.36. The molecule has 0 atom stereocenters. The quantitative estimate of drug-likeness (QED) is 0.175. The zero-order valence-electron chi connectivity index (χ0n) is 20.2. The first-order valence-electron chi connectivity index (χ1n) is 11.4. The number of nitrogens with zero attached hydrogens (tertiary/aromatic N) is 2. The van der Waals surface area contributed by atoms with Crippen molar-refractivity contribution in [3.63, 3.8) is 0 Å². The molecule has 35 heavy (non-hydrogen) atoms. The molecule has 0 saturated carbocycles. The molecule has 0 unspecified atom stereocenters. The van der Waals surface area contributed by atoms with Gasteiger partial charge in [-0.1, -0.05) is 38.3 Å². The zero-order valence-corrected chi connectivity index (χ0v) is 21.0. The number of anilines is 1. The van der Waals surface area contributed by atoms with Crippen LogP contribution in [0.2, 0.25) is 0 Å². The third-order valence-electron chi connectivity index (χ3n) is 5.28. The lowest BCUT2D eigenvalue weighted by Crippen LogP contribution is -2.09. The van der Waals surface area contributed by atoms with E-state index in [1.807, 2.05) is 29.6 Å². The van der Waals surface area contributed by atoms with Gasteiger partial charge in [0.15, 0.2) is 11.5 Å². The SMILES string of the molecule is CCCCCCOC(=O)c1ccccc1N/C=C(\C#N)c1nc(-c2ccc(OC)c(OC)c2)cs1. The molecule has 182 valence electrons. The molecule has 0 fully saturated rings. The fourth-order valence-electron chi connectivity index (χ4n) is 3.38. The highest BCUT2D eigenvalue weighted by Crippen LogP contribution is 2.33. The number of hydrogen-bond donors (Lipinski definition) is 1. The van der Waals surface area contributed by atoms with E-state index in [1.165, 1.54) is 11.3 Å². The van der Waals surface area contributed by atoms with E-state index in [4.69, 9.17) is 14.2 Å². The number of ether oxygens (including phenoxy) is 3. The van der Waals surface area contributed by atoms with Crippen molar-refractivity contribution in [1.82, 2.24) is 4.98 Å². The van der Waals surface area contributed by atoms with E-state index < -0.39 is 0 Å². The number of para-hydroxylation sites is 1. The number of allylic oxidation sites excluding steroid dienone is 1. The lowest BCUT2D eigenvalue weighted by molar-refractivity contribution is 0.0499. The van der Waals surface area contributed by atoms with Crippen LogP contribution in [0.3, 0.4) is 0 Å². The number of benzene rings is 2. The van der Waals surface area contributed by atoms with Crippen molar-refractivity contribution in [3.8, 4) is 28.8 Å². The van der Waals surface area contributed by atoms with Gasteiger partial charge in [0, 0.05) is 17.1 Å². The van der Waals surface area contributed by atoms with Gasteiger partial charge in [0.25, 0.3) is 0 Å². The Morgan fingerprint density at radius 3 is 2.66 bits per heavy atom. The Balaban J connectivity index is 1.74. The molecular weight excluding hydrogens is 462 g/mol. The third kappa shape index (κ3) is 6.84. The molecule has 0 spiro atoms. The molecule has 1 heterocycles. The topological polar surface area (TPSA) is 93.5 Å². The predicted octanol–water partition coefficient (Wildman–Crippen LogP) is 6.54. The van der Waals surface area contributed by atoms with Gasteiger partial charge in [-0.25, -0.2) is 9.78 Å². The number of carbonyl (C=O) groups is 1. The van der Waals surface area contributed by atoms with E-state index in [0.29, 0.717) is 39.9 Å². The molecule has 0 amide bonds. The lowest BCUT2D eigenvalue weighted by Gasteiger charge is -2.10. The number of unbranched alkanes of at least 4 members (excludes halogenated alkanes) is 3. The second-order valence-electron chi connectivity index (χ2n) is 7.66. The average Bonchev–Trinajstić information content (AvgIpc) is 3.38. The summed E-state index contributed by atoms with van der Waals surface area (Å²) in [5.74, 6) is 0.847. The number of methoxy groups -OCH3 is 2. The average molecular weight is 492 g/mol. The van der Waals surface area contributed by atoms with Gasteiger partial charge in [0.05, 0.1) is 37.8 Å². The molecule has 3 aromatic rings. The summed E-state index contributed by atoms with van der Waals surface area (Å²) in [6, 6.07) is 14.8. The van der Waals surface area contributed by atoms with Crippen LogP contribution in [0.15, 0.2) is 54.0 Å². The smallest absolute Gasteiger partial charge is 0.340 e. The summed E-state index contributed by atoms with van der Waals surface area (Å²) in [4.78, 5) is 17.2. The van der Waals surface area contributed by atoms with Crippen molar-refractivity contribution in [2.75, 3.05) is 26.1 Å². The number of aromatic nitrogens is 1. The van der Waals surface area contributed by atoms with Gasteiger partial charge >= 0.3 is 5.97 Å². The van der Waals surface area contributed by atoms with E-state index in [0.717, 1.165) is 36.9 Å². The zero-order chi connectivity index (χ0) is 25.0. The summed E-state index contributed by atoms with van der Waals surface area (Å²) < 4.78 is 16.1. The second kappa shape index (κ2) is 13.2. The van der Waals surface area contributed by atoms with E-state index >= 15 is 0 Å². The first-order valence-corrected chi connectivity index (χ1v) is 12.3. The molecule has 0 radical (unpaired) electrons. The molecule has 0 saturated heterocycles. The van der Waals surface area contributed by atoms with Gasteiger partial charge in [-0.3, -0.25) is 0 Å². The van der Waals surface area contributed by atoms with Gasteiger partial charge in [-0.2, -0.15) is 5.26 Å². The third-order valence-corrected chi connectivity index (χ3v) is 6.16. The molecule has 8 heteroatoms. The highest BCUT2D eigenvalue weighted by atomic mass is 32.1. The first kappa shape index (κ1) is 25.8. The van der Waals surface area contributed by atoms with E-state index in [9.17, 15) is 10.1 Å². The maximum Gasteiger partial charge on any atom is 0.340 e.